The molecule has 1 rings (SSSR count). The molecular formula is C14H24N2O2. The second-order valence-corrected chi connectivity index (χ2v) is 4.74. The molecule has 2 N–H and O–H groups in total. The van der Waals surface area contributed by atoms with E-state index in [9.17, 15) is 0 Å². The Morgan fingerprint density at radius 1 is 1.22 bits per heavy atom. The Labute approximate surface area is 110 Å². The largest absolute Gasteiger partial charge is 0.496 e. The molecule has 0 aliphatic heterocycles. The van der Waals surface area contributed by atoms with E-state index in [1.54, 1.807) is 14.2 Å². The second kappa shape index (κ2) is 5.96. The van der Waals surface area contributed by atoms with Crippen LogP contribution in [0.1, 0.15) is 18.1 Å². The van der Waals surface area contributed by atoms with Crippen LogP contribution in [-0.4, -0.2) is 33.9 Å². The fourth-order valence-corrected chi connectivity index (χ4v) is 2.13. The molecule has 1 aromatic carbocycles. The number of rotatable bonds is 5. The summed E-state index contributed by atoms with van der Waals surface area (Å²) in [5.41, 5.74) is 9.06. The van der Waals surface area contributed by atoms with Gasteiger partial charge in [-0.15, -0.1) is 0 Å². The standard InChI is InChI=1S/C14H24N2O2/c1-9(15)8-16(4)12-7-13(17-5)10(2)11(3)14(12)18-6/h7,9H,8,15H2,1-6H3. The Hall–Kier alpha value is -1.42. The molecule has 0 saturated carbocycles. The predicted octanol–water partition coefficient (Wildman–Crippen LogP) is 2.10. The van der Waals surface area contributed by atoms with Crippen molar-refractivity contribution in [1.29, 1.82) is 0 Å². The zero-order chi connectivity index (χ0) is 13.9. The lowest BCUT2D eigenvalue weighted by atomic mass is 10.1. The quantitative estimate of drug-likeness (QED) is 0.872. The van der Waals surface area contributed by atoms with E-state index in [0.29, 0.717) is 0 Å². The molecule has 1 aromatic rings. The summed E-state index contributed by atoms with van der Waals surface area (Å²) in [5.74, 6) is 1.76. The Bertz CT molecular complexity index is 417. The number of hydrogen-bond donors (Lipinski definition) is 1. The molecule has 0 aromatic heterocycles. The number of nitrogens with two attached hydrogens (primary N) is 1. The molecule has 0 aliphatic carbocycles. The minimum Gasteiger partial charge on any atom is -0.496 e. The van der Waals surface area contributed by atoms with Crippen molar-refractivity contribution in [3.8, 4) is 11.5 Å². The lowest BCUT2D eigenvalue weighted by molar-refractivity contribution is 0.398. The fourth-order valence-electron chi connectivity index (χ4n) is 2.13. The van der Waals surface area contributed by atoms with Gasteiger partial charge in [-0.3, -0.25) is 0 Å². The van der Waals surface area contributed by atoms with E-state index in [1.165, 1.54) is 0 Å². The number of methoxy groups -OCH3 is 2. The third-order valence-electron chi connectivity index (χ3n) is 3.17. The second-order valence-electron chi connectivity index (χ2n) is 4.74. The molecule has 0 saturated heterocycles. The number of nitrogens with zero attached hydrogens (tertiary/aromatic N) is 1. The molecule has 0 aliphatic rings. The summed E-state index contributed by atoms with van der Waals surface area (Å²) in [6.07, 6.45) is 0. The van der Waals surface area contributed by atoms with E-state index in [1.807, 2.05) is 33.9 Å². The highest BCUT2D eigenvalue weighted by atomic mass is 16.5. The van der Waals surface area contributed by atoms with Gasteiger partial charge in [-0.2, -0.15) is 0 Å². The maximum Gasteiger partial charge on any atom is 0.145 e. The first kappa shape index (κ1) is 14.6. The van der Waals surface area contributed by atoms with Gasteiger partial charge in [0, 0.05) is 25.7 Å². The summed E-state index contributed by atoms with van der Waals surface area (Å²) in [5, 5.41) is 0. The van der Waals surface area contributed by atoms with Crippen molar-refractivity contribution in [2.24, 2.45) is 5.73 Å². The number of hydrogen-bond acceptors (Lipinski definition) is 4. The van der Waals surface area contributed by atoms with Gasteiger partial charge in [0.2, 0.25) is 0 Å². The number of ether oxygens (including phenoxy) is 2. The van der Waals surface area contributed by atoms with E-state index in [0.717, 1.165) is 34.9 Å². The molecule has 0 amide bonds. The highest BCUT2D eigenvalue weighted by Gasteiger charge is 2.17. The predicted molar refractivity (Wildman–Crippen MR) is 75.9 cm³/mol. The van der Waals surface area contributed by atoms with Crippen LogP contribution in [0.15, 0.2) is 6.07 Å². The van der Waals surface area contributed by atoms with E-state index >= 15 is 0 Å². The van der Waals surface area contributed by atoms with Gasteiger partial charge in [0.15, 0.2) is 0 Å². The van der Waals surface area contributed by atoms with Crippen LogP contribution in [-0.2, 0) is 0 Å². The van der Waals surface area contributed by atoms with Gasteiger partial charge in [-0.05, 0) is 31.9 Å². The number of anilines is 1. The van der Waals surface area contributed by atoms with E-state index < -0.39 is 0 Å². The van der Waals surface area contributed by atoms with Crippen molar-refractivity contribution in [3.05, 3.63) is 17.2 Å². The van der Waals surface area contributed by atoms with Gasteiger partial charge in [0.05, 0.1) is 19.9 Å². The minimum atomic E-state index is 0.104. The first-order chi connectivity index (χ1) is 8.42. The van der Waals surface area contributed by atoms with Gasteiger partial charge in [-0.25, -0.2) is 0 Å². The maximum absolute atomic E-state index is 5.85. The van der Waals surface area contributed by atoms with Gasteiger partial charge in [-0.1, -0.05) is 0 Å². The topological polar surface area (TPSA) is 47.7 Å². The molecule has 4 heteroatoms. The van der Waals surface area contributed by atoms with Crippen molar-refractivity contribution < 1.29 is 9.47 Å². The van der Waals surface area contributed by atoms with Crippen molar-refractivity contribution in [3.63, 3.8) is 0 Å². The maximum atomic E-state index is 5.85. The minimum absolute atomic E-state index is 0.104. The average Bonchev–Trinajstić information content (AvgIpc) is 2.31. The molecule has 18 heavy (non-hydrogen) atoms. The molecule has 4 nitrogen and oxygen atoms in total. The molecule has 0 bridgehead atoms. The molecule has 0 fully saturated rings. The highest BCUT2D eigenvalue weighted by Crippen LogP contribution is 2.38. The third kappa shape index (κ3) is 2.88. The third-order valence-corrected chi connectivity index (χ3v) is 3.17. The normalized spacial score (nSPS) is 12.2. The SMILES string of the molecule is COc1cc(N(C)CC(C)N)c(OC)c(C)c1C. The van der Waals surface area contributed by atoms with Crippen LogP contribution in [0.3, 0.4) is 0 Å². The van der Waals surface area contributed by atoms with E-state index in [2.05, 4.69) is 4.90 Å². The Balaban J connectivity index is 3.28. The van der Waals surface area contributed by atoms with Crippen molar-refractivity contribution in [2.75, 3.05) is 32.7 Å². The lowest BCUT2D eigenvalue weighted by Gasteiger charge is -2.26. The Morgan fingerprint density at radius 3 is 2.28 bits per heavy atom. The summed E-state index contributed by atoms with van der Waals surface area (Å²) < 4.78 is 10.9. The van der Waals surface area contributed by atoms with Crippen molar-refractivity contribution in [2.45, 2.75) is 26.8 Å². The molecule has 1 unspecified atom stereocenters. The molecule has 1 atom stereocenters. The molecule has 0 radical (unpaired) electrons. The fraction of sp³-hybridized carbons (Fsp3) is 0.571. The van der Waals surface area contributed by atoms with Crippen LogP contribution in [0.4, 0.5) is 5.69 Å². The molecule has 0 spiro atoms. The summed E-state index contributed by atoms with van der Waals surface area (Å²) in [7, 11) is 5.39. The summed E-state index contributed by atoms with van der Waals surface area (Å²) in [6.45, 7) is 6.83. The van der Waals surface area contributed by atoms with Crippen LogP contribution in [0.5, 0.6) is 11.5 Å². The van der Waals surface area contributed by atoms with Crippen LogP contribution in [0.2, 0.25) is 0 Å². The first-order valence-electron chi connectivity index (χ1n) is 6.11. The Kier molecular flexibility index (Phi) is 4.84. The highest BCUT2D eigenvalue weighted by molar-refractivity contribution is 5.67. The monoisotopic (exact) mass is 252 g/mol. The molecular weight excluding hydrogens is 228 g/mol. The van der Waals surface area contributed by atoms with Gasteiger partial charge in [0.1, 0.15) is 11.5 Å². The van der Waals surface area contributed by atoms with Crippen LogP contribution in [0.25, 0.3) is 0 Å². The van der Waals surface area contributed by atoms with Crippen LogP contribution >= 0.6 is 0 Å². The number of benzene rings is 1. The smallest absolute Gasteiger partial charge is 0.145 e. The van der Waals surface area contributed by atoms with Crippen LogP contribution < -0.4 is 20.1 Å². The molecule has 0 heterocycles. The number of likely N-dealkylation sites (N-methyl/N-ethyl adjacent to an activating group) is 1. The first-order valence-corrected chi connectivity index (χ1v) is 6.11. The summed E-state index contributed by atoms with van der Waals surface area (Å²) >= 11 is 0. The Morgan fingerprint density at radius 2 is 1.83 bits per heavy atom. The zero-order valence-electron chi connectivity index (χ0n) is 12.2. The van der Waals surface area contributed by atoms with Crippen LogP contribution in [0, 0.1) is 13.8 Å². The summed E-state index contributed by atoms with van der Waals surface area (Å²) in [4.78, 5) is 2.10. The van der Waals surface area contributed by atoms with Gasteiger partial charge < -0.3 is 20.1 Å². The zero-order valence-corrected chi connectivity index (χ0v) is 12.2. The average molecular weight is 252 g/mol. The van der Waals surface area contributed by atoms with Crippen molar-refractivity contribution in [1.82, 2.24) is 0 Å². The lowest BCUT2D eigenvalue weighted by Crippen LogP contribution is -2.33. The van der Waals surface area contributed by atoms with Crippen molar-refractivity contribution >= 4 is 5.69 Å². The van der Waals surface area contributed by atoms with Gasteiger partial charge in [0.25, 0.3) is 0 Å². The summed E-state index contributed by atoms with van der Waals surface area (Å²) in [6, 6.07) is 2.11. The van der Waals surface area contributed by atoms with Gasteiger partial charge >= 0.3 is 0 Å². The molecule has 102 valence electrons. The van der Waals surface area contributed by atoms with E-state index in [-0.39, 0.29) is 6.04 Å². The van der Waals surface area contributed by atoms with E-state index in [4.69, 9.17) is 15.2 Å².